The van der Waals surface area contributed by atoms with E-state index in [4.69, 9.17) is 5.11 Å². The van der Waals surface area contributed by atoms with Crippen molar-refractivity contribution in [2.75, 3.05) is 0 Å². The molecule has 0 amide bonds. The standard InChI is InChI=1S/C9H8F3NO3/c1-5(9(10,11)12)16-7-4-2-3-6(13-7)8(14)15/h2-5H,1H3,(H,14,15). The maximum absolute atomic E-state index is 12.1. The molecule has 0 spiro atoms. The molecule has 0 bridgehead atoms. The van der Waals surface area contributed by atoms with Crippen LogP contribution < -0.4 is 4.74 Å². The first-order chi connectivity index (χ1) is 7.30. The smallest absolute Gasteiger partial charge is 0.425 e. The number of carbonyl (C=O) groups is 1. The number of ether oxygens (including phenoxy) is 1. The van der Waals surface area contributed by atoms with Crippen molar-refractivity contribution in [1.29, 1.82) is 0 Å². The van der Waals surface area contributed by atoms with Gasteiger partial charge in [0.2, 0.25) is 5.88 Å². The first-order valence-corrected chi connectivity index (χ1v) is 4.24. The minimum Gasteiger partial charge on any atom is -0.477 e. The van der Waals surface area contributed by atoms with Gasteiger partial charge in [-0.1, -0.05) is 6.07 Å². The van der Waals surface area contributed by atoms with Crippen molar-refractivity contribution in [3.8, 4) is 5.88 Å². The molecule has 1 atom stereocenters. The molecule has 1 N–H and O–H groups in total. The number of hydrogen-bond donors (Lipinski definition) is 1. The Bertz CT molecular complexity index is 392. The third-order valence-electron chi connectivity index (χ3n) is 1.70. The predicted octanol–water partition coefficient (Wildman–Crippen LogP) is 2.11. The van der Waals surface area contributed by atoms with E-state index in [-0.39, 0.29) is 11.6 Å². The van der Waals surface area contributed by atoms with Crippen molar-refractivity contribution < 1.29 is 27.8 Å². The van der Waals surface area contributed by atoms with Gasteiger partial charge in [-0.05, 0) is 13.0 Å². The van der Waals surface area contributed by atoms with Crippen LogP contribution in [0.2, 0.25) is 0 Å². The number of carboxylic acid groups (broad SMARTS) is 1. The number of carboxylic acids is 1. The SMILES string of the molecule is CC(Oc1cccc(C(=O)O)n1)C(F)(F)F. The van der Waals surface area contributed by atoms with E-state index in [2.05, 4.69) is 9.72 Å². The summed E-state index contributed by atoms with van der Waals surface area (Å²) >= 11 is 0. The van der Waals surface area contributed by atoms with Gasteiger partial charge in [0.15, 0.2) is 11.8 Å². The zero-order valence-electron chi connectivity index (χ0n) is 8.15. The molecule has 7 heteroatoms. The normalized spacial score (nSPS) is 13.2. The van der Waals surface area contributed by atoms with Crippen molar-refractivity contribution in [2.45, 2.75) is 19.2 Å². The largest absolute Gasteiger partial charge is 0.477 e. The van der Waals surface area contributed by atoms with Gasteiger partial charge in [0, 0.05) is 6.07 Å². The molecule has 0 aliphatic rings. The van der Waals surface area contributed by atoms with Gasteiger partial charge in [0.05, 0.1) is 0 Å². The minimum atomic E-state index is -4.51. The molecule has 16 heavy (non-hydrogen) atoms. The second-order valence-electron chi connectivity index (χ2n) is 2.97. The molecule has 88 valence electrons. The monoisotopic (exact) mass is 235 g/mol. The highest BCUT2D eigenvalue weighted by Crippen LogP contribution is 2.23. The first-order valence-electron chi connectivity index (χ1n) is 4.24. The van der Waals surface area contributed by atoms with Crippen LogP contribution in [0, 0.1) is 0 Å². The number of alkyl halides is 3. The van der Waals surface area contributed by atoms with Crippen molar-refractivity contribution in [3.05, 3.63) is 23.9 Å². The molecule has 0 aliphatic heterocycles. The predicted molar refractivity (Wildman–Crippen MR) is 47.3 cm³/mol. The van der Waals surface area contributed by atoms with Gasteiger partial charge >= 0.3 is 12.1 Å². The van der Waals surface area contributed by atoms with Crippen LogP contribution >= 0.6 is 0 Å². The number of aromatic carboxylic acids is 1. The maximum atomic E-state index is 12.1. The number of halogens is 3. The maximum Gasteiger partial charge on any atom is 0.425 e. The fourth-order valence-electron chi connectivity index (χ4n) is 0.848. The van der Waals surface area contributed by atoms with Gasteiger partial charge in [-0.3, -0.25) is 0 Å². The van der Waals surface area contributed by atoms with Crippen LogP contribution in [0.4, 0.5) is 13.2 Å². The number of hydrogen-bond acceptors (Lipinski definition) is 3. The third-order valence-corrected chi connectivity index (χ3v) is 1.70. The summed E-state index contributed by atoms with van der Waals surface area (Å²) in [5.74, 6) is -1.70. The molecule has 1 heterocycles. The number of pyridine rings is 1. The topological polar surface area (TPSA) is 59.4 Å². The summed E-state index contributed by atoms with van der Waals surface area (Å²) in [6.45, 7) is 0.815. The van der Waals surface area contributed by atoms with Crippen LogP contribution in [-0.4, -0.2) is 28.3 Å². The Balaban J connectivity index is 2.82. The fourth-order valence-corrected chi connectivity index (χ4v) is 0.848. The number of nitrogens with zero attached hydrogens (tertiary/aromatic N) is 1. The molecule has 0 saturated heterocycles. The van der Waals surface area contributed by atoms with Crippen LogP contribution in [-0.2, 0) is 0 Å². The molecule has 0 radical (unpaired) electrons. The highest BCUT2D eigenvalue weighted by atomic mass is 19.4. The lowest BCUT2D eigenvalue weighted by Gasteiger charge is -2.16. The van der Waals surface area contributed by atoms with E-state index < -0.39 is 18.2 Å². The summed E-state index contributed by atoms with van der Waals surface area (Å²) in [5.41, 5.74) is -0.369. The molecule has 0 saturated carbocycles. The zero-order chi connectivity index (χ0) is 12.3. The lowest BCUT2D eigenvalue weighted by molar-refractivity contribution is -0.189. The van der Waals surface area contributed by atoms with Gasteiger partial charge in [-0.25, -0.2) is 9.78 Å². The summed E-state index contributed by atoms with van der Waals surface area (Å²) in [7, 11) is 0. The van der Waals surface area contributed by atoms with E-state index in [1.807, 2.05) is 0 Å². The Morgan fingerprint density at radius 3 is 2.62 bits per heavy atom. The second kappa shape index (κ2) is 4.38. The molecule has 0 aliphatic carbocycles. The second-order valence-corrected chi connectivity index (χ2v) is 2.97. The van der Waals surface area contributed by atoms with Crippen LogP contribution in [0.5, 0.6) is 5.88 Å². The van der Waals surface area contributed by atoms with E-state index in [0.717, 1.165) is 19.1 Å². The van der Waals surface area contributed by atoms with E-state index >= 15 is 0 Å². The van der Waals surface area contributed by atoms with Crippen molar-refractivity contribution in [3.63, 3.8) is 0 Å². The Morgan fingerprint density at radius 1 is 1.50 bits per heavy atom. The van der Waals surface area contributed by atoms with Crippen molar-refractivity contribution >= 4 is 5.97 Å². The van der Waals surface area contributed by atoms with Gasteiger partial charge in [-0.2, -0.15) is 13.2 Å². The summed E-state index contributed by atoms with van der Waals surface area (Å²) < 4.78 is 40.8. The summed E-state index contributed by atoms with van der Waals surface area (Å²) in [6.07, 6.45) is -6.55. The quantitative estimate of drug-likeness (QED) is 0.871. The van der Waals surface area contributed by atoms with Crippen molar-refractivity contribution in [2.24, 2.45) is 0 Å². The molecule has 1 rings (SSSR count). The molecule has 1 aromatic heterocycles. The Morgan fingerprint density at radius 2 is 2.12 bits per heavy atom. The lowest BCUT2D eigenvalue weighted by Crippen LogP contribution is -2.31. The number of rotatable bonds is 3. The van der Waals surface area contributed by atoms with Crippen LogP contribution in [0.1, 0.15) is 17.4 Å². The van der Waals surface area contributed by atoms with Crippen LogP contribution in [0.3, 0.4) is 0 Å². The van der Waals surface area contributed by atoms with Gasteiger partial charge in [0.1, 0.15) is 0 Å². The van der Waals surface area contributed by atoms with Crippen molar-refractivity contribution in [1.82, 2.24) is 4.98 Å². The Hall–Kier alpha value is -1.79. The average molecular weight is 235 g/mol. The molecule has 0 fully saturated rings. The highest BCUT2D eigenvalue weighted by molar-refractivity contribution is 5.85. The third kappa shape index (κ3) is 3.11. The molecular formula is C9H8F3NO3. The molecule has 0 aromatic carbocycles. The average Bonchev–Trinajstić information content (AvgIpc) is 2.16. The fraction of sp³-hybridized carbons (Fsp3) is 0.333. The summed E-state index contributed by atoms with van der Waals surface area (Å²) in [5, 5.41) is 8.56. The summed E-state index contributed by atoms with van der Waals surface area (Å²) in [4.78, 5) is 13.9. The van der Waals surface area contributed by atoms with Gasteiger partial charge in [-0.15, -0.1) is 0 Å². The van der Waals surface area contributed by atoms with E-state index in [1.54, 1.807) is 0 Å². The van der Waals surface area contributed by atoms with Crippen LogP contribution in [0.25, 0.3) is 0 Å². The van der Waals surface area contributed by atoms with E-state index in [9.17, 15) is 18.0 Å². The molecule has 1 aromatic rings. The molecule has 1 unspecified atom stereocenters. The Kier molecular flexibility index (Phi) is 3.36. The zero-order valence-corrected chi connectivity index (χ0v) is 8.15. The van der Waals surface area contributed by atoms with E-state index in [1.165, 1.54) is 6.07 Å². The highest BCUT2D eigenvalue weighted by Gasteiger charge is 2.38. The van der Waals surface area contributed by atoms with Gasteiger partial charge in [0.25, 0.3) is 0 Å². The molecule has 4 nitrogen and oxygen atoms in total. The molecular weight excluding hydrogens is 227 g/mol. The van der Waals surface area contributed by atoms with Gasteiger partial charge < -0.3 is 9.84 Å². The lowest BCUT2D eigenvalue weighted by atomic mass is 10.3. The summed E-state index contributed by atoms with van der Waals surface area (Å²) in [6, 6.07) is 3.58. The van der Waals surface area contributed by atoms with E-state index in [0.29, 0.717) is 0 Å². The Labute approximate surface area is 88.7 Å². The minimum absolute atomic E-state index is 0.369. The first kappa shape index (κ1) is 12.3. The number of aromatic nitrogens is 1. The van der Waals surface area contributed by atoms with Crippen LogP contribution in [0.15, 0.2) is 18.2 Å².